The van der Waals surface area contributed by atoms with Gasteiger partial charge in [-0.25, -0.2) is 4.79 Å². The number of hydrogen-bond donors (Lipinski definition) is 1. The van der Waals surface area contributed by atoms with Gasteiger partial charge in [0, 0.05) is 18.0 Å². The van der Waals surface area contributed by atoms with Gasteiger partial charge in [0.05, 0.1) is 0 Å². The van der Waals surface area contributed by atoms with E-state index in [9.17, 15) is 9.59 Å². The molecule has 1 aliphatic rings. The number of allylic oxidation sites excluding steroid dienone is 1. The molecule has 2 heterocycles. The molecular formula is C12H12N2O3. The molecule has 5 heteroatoms. The molecule has 0 fully saturated rings. The van der Waals surface area contributed by atoms with Gasteiger partial charge < -0.3 is 9.72 Å². The van der Waals surface area contributed by atoms with E-state index in [-0.39, 0.29) is 18.1 Å². The van der Waals surface area contributed by atoms with Crippen LogP contribution in [0.15, 0.2) is 35.2 Å². The van der Waals surface area contributed by atoms with Crippen molar-refractivity contribution in [3.8, 4) is 0 Å². The van der Waals surface area contributed by atoms with Crippen molar-refractivity contribution in [3.05, 3.63) is 35.9 Å². The van der Waals surface area contributed by atoms with Crippen LogP contribution in [0.4, 0.5) is 0 Å². The van der Waals surface area contributed by atoms with Crippen LogP contribution >= 0.6 is 0 Å². The first-order valence-corrected chi connectivity index (χ1v) is 5.34. The van der Waals surface area contributed by atoms with Crippen molar-refractivity contribution in [1.29, 1.82) is 0 Å². The first-order valence-electron chi connectivity index (χ1n) is 5.34. The lowest BCUT2D eigenvalue weighted by Gasteiger charge is -2.11. The second-order valence-electron chi connectivity index (χ2n) is 3.57. The molecule has 0 atom stereocenters. The molecule has 0 saturated heterocycles. The van der Waals surface area contributed by atoms with Crippen molar-refractivity contribution in [1.82, 2.24) is 4.98 Å². The number of ketones is 1. The lowest BCUT2D eigenvalue weighted by molar-refractivity contribution is -0.117. The topological polar surface area (TPSA) is 71.5 Å². The first-order chi connectivity index (χ1) is 8.20. The Bertz CT molecular complexity index is 498. The van der Waals surface area contributed by atoms with Crippen molar-refractivity contribution in [3.63, 3.8) is 0 Å². The average molecular weight is 232 g/mol. The van der Waals surface area contributed by atoms with Crippen LogP contribution in [0.3, 0.4) is 0 Å². The quantitative estimate of drug-likeness (QED) is 0.802. The van der Waals surface area contributed by atoms with E-state index >= 15 is 0 Å². The lowest BCUT2D eigenvalue weighted by Crippen LogP contribution is -2.20. The summed E-state index contributed by atoms with van der Waals surface area (Å²) in [6.07, 6.45) is 3.84. The van der Waals surface area contributed by atoms with Gasteiger partial charge in [-0.15, -0.1) is 0 Å². The van der Waals surface area contributed by atoms with Gasteiger partial charge in [0.2, 0.25) is 5.78 Å². The molecule has 0 aromatic carbocycles. The number of hydrogen-bond acceptors (Lipinski definition) is 4. The van der Waals surface area contributed by atoms with Crippen LogP contribution in [0.2, 0.25) is 0 Å². The van der Waals surface area contributed by atoms with Gasteiger partial charge in [0.15, 0.2) is 5.76 Å². The summed E-state index contributed by atoms with van der Waals surface area (Å²) >= 11 is 0. The molecule has 0 radical (unpaired) electrons. The number of aromatic nitrogens is 1. The molecule has 0 spiro atoms. The van der Waals surface area contributed by atoms with Crippen LogP contribution < -0.4 is 0 Å². The standard InChI is InChI=1S/C12H12N2O3/c1-2-8-6-11(10(15)7-14-8)17-12(16)9-4-3-5-13-9/h3-6,13H,2,7H2,1H3. The number of aliphatic imine (C=N–C) groups is 1. The Morgan fingerprint density at radius 2 is 2.41 bits per heavy atom. The smallest absolute Gasteiger partial charge is 0.360 e. The molecule has 88 valence electrons. The second-order valence-corrected chi connectivity index (χ2v) is 3.57. The molecule has 1 aromatic rings. The fourth-order valence-corrected chi connectivity index (χ4v) is 1.44. The molecule has 0 saturated carbocycles. The highest BCUT2D eigenvalue weighted by molar-refractivity contribution is 6.09. The normalized spacial score (nSPS) is 15.2. The Hall–Kier alpha value is -2.17. The number of esters is 1. The number of carbonyl (C=O) groups excluding carboxylic acids is 2. The summed E-state index contributed by atoms with van der Waals surface area (Å²) in [6.45, 7) is 1.97. The van der Waals surface area contributed by atoms with Gasteiger partial charge >= 0.3 is 5.97 Å². The number of ether oxygens (including phenoxy) is 1. The number of nitrogens with one attached hydrogen (secondary N) is 1. The number of aromatic amines is 1. The monoisotopic (exact) mass is 232 g/mol. The third-order valence-corrected chi connectivity index (χ3v) is 2.38. The van der Waals surface area contributed by atoms with Crippen LogP contribution in [-0.4, -0.2) is 29.0 Å². The third kappa shape index (κ3) is 2.50. The van der Waals surface area contributed by atoms with E-state index in [1.165, 1.54) is 6.08 Å². The van der Waals surface area contributed by atoms with Crippen LogP contribution in [0.5, 0.6) is 0 Å². The fraction of sp³-hybridized carbons (Fsp3) is 0.250. The fourth-order valence-electron chi connectivity index (χ4n) is 1.44. The molecule has 0 aliphatic carbocycles. The highest BCUT2D eigenvalue weighted by atomic mass is 16.5. The van der Waals surface area contributed by atoms with Crippen LogP contribution in [-0.2, 0) is 9.53 Å². The highest BCUT2D eigenvalue weighted by Crippen LogP contribution is 2.11. The molecule has 1 aliphatic heterocycles. The number of nitrogens with zero attached hydrogens (tertiary/aromatic N) is 1. The summed E-state index contributed by atoms with van der Waals surface area (Å²) in [7, 11) is 0. The Kier molecular flexibility index (Phi) is 3.18. The van der Waals surface area contributed by atoms with Gasteiger partial charge in [-0.05, 0) is 18.6 Å². The highest BCUT2D eigenvalue weighted by Gasteiger charge is 2.20. The zero-order valence-electron chi connectivity index (χ0n) is 9.40. The predicted molar refractivity (Wildman–Crippen MR) is 61.9 cm³/mol. The van der Waals surface area contributed by atoms with E-state index in [0.717, 1.165) is 5.71 Å². The van der Waals surface area contributed by atoms with E-state index in [1.54, 1.807) is 18.3 Å². The van der Waals surface area contributed by atoms with E-state index in [0.29, 0.717) is 12.1 Å². The van der Waals surface area contributed by atoms with E-state index in [2.05, 4.69) is 9.98 Å². The molecule has 1 aromatic heterocycles. The number of H-pyrrole nitrogens is 1. The molecule has 17 heavy (non-hydrogen) atoms. The van der Waals surface area contributed by atoms with Crippen molar-refractivity contribution >= 4 is 17.5 Å². The number of dihydropyridines is 1. The van der Waals surface area contributed by atoms with Gasteiger partial charge in [0.1, 0.15) is 12.2 Å². The zero-order valence-corrected chi connectivity index (χ0v) is 9.40. The minimum absolute atomic E-state index is 0.0486. The van der Waals surface area contributed by atoms with Gasteiger partial charge in [0.25, 0.3) is 0 Å². The summed E-state index contributed by atoms with van der Waals surface area (Å²) in [5.74, 6) is -0.773. The van der Waals surface area contributed by atoms with Gasteiger partial charge in [-0.3, -0.25) is 9.79 Å². The SMILES string of the molecule is CCC1=NCC(=O)C(OC(=O)c2ccc[nH]2)=C1. The first kappa shape index (κ1) is 11.3. The van der Waals surface area contributed by atoms with Crippen molar-refractivity contribution < 1.29 is 14.3 Å². The minimum Gasteiger partial charge on any atom is -0.418 e. The summed E-state index contributed by atoms with van der Waals surface area (Å²) in [6, 6.07) is 3.28. The van der Waals surface area contributed by atoms with Crippen molar-refractivity contribution in [2.75, 3.05) is 6.54 Å². The minimum atomic E-state index is -0.563. The molecule has 1 N–H and O–H groups in total. The Morgan fingerprint density at radius 3 is 3.06 bits per heavy atom. The molecule has 2 rings (SSSR count). The molecular weight excluding hydrogens is 220 g/mol. The molecule has 0 amide bonds. The predicted octanol–water partition coefficient (Wildman–Crippen LogP) is 1.49. The number of rotatable bonds is 3. The van der Waals surface area contributed by atoms with Crippen molar-refractivity contribution in [2.45, 2.75) is 13.3 Å². The summed E-state index contributed by atoms with van der Waals surface area (Å²) < 4.78 is 5.04. The summed E-state index contributed by atoms with van der Waals surface area (Å²) in [5, 5.41) is 0. The molecule has 0 unspecified atom stereocenters. The van der Waals surface area contributed by atoms with E-state index in [1.807, 2.05) is 6.92 Å². The van der Waals surface area contributed by atoms with E-state index in [4.69, 9.17) is 4.74 Å². The van der Waals surface area contributed by atoms with Gasteiger partial charge in [-0.2, -0.15) is 0 Å². The maximum absolute atomic E-state index is 11.6. The van der Waals surface area contributed by atoms with Gasteiger partial charge in [-0.1, -0.05) is 6.92 Å². The maximum Gasteiger partial charge on any atom is 0.360 e. The second kappa shape index (κ2) is 4.78. The third-order valence-electron chi connectivity index (χ3n) is 2.38. The van der Waals surface area contributed by atoms with E-state index < -0.39 is 5.97 Å². The van der Waals surface area contributed by atoms with Crippen molar-refractivity contribution in [2.24, 2.45) is 4.99 Å². The largest absolute Gasteiger partial charge is 0.418 e. The van der Waals surface area contributed by atoms with Crippen LogP contribution in [0.1, 0.15) is 23.8 Å². The summed E-state index contributed by atoms with van der Waals surface area (Å²) in [4.78, 5) is 29.9. The molecule has 5 nitrogen and oxygen atoms in total. The average Bonchev–Trinajstić information content (AvgIpc) is 2.85. The summed E-state index contributed by atoms with van der Waals surface area (Å²) in [5.41, 5.74) is 1.08. The number of carbonyl (C=O) groups is 2. The maximum atomic E-state index is 11.6. The Labute approximate surface area is 98.2 Å². The lowest BCUT2D eigenvalue weighted by atomic mass is 10.1. The van der Waals surface area contributed by atoms with Crippen LogP contribution in [0, 0.1) is 0 Å². The van der Waals surface area contributed by atoms with Crippen LogP contribution in [0.25, 0.3) is 0 Å². The zero-order chi connectivity index (χ0) is 12.3. The Morgan fingerprint density at radius 1 is 1.59 bits per heavy atom. The Balaban J connectivity index is 2.13. The number of Topliss-reactive ketones (excluding diaryl/α,β-unsaturated/α-hetero) is 1. The molecule has 0 bridgehead atoms.